The van der Waals surface area contributed by atoms with Crippen molar-refractivity contribution in [3.63, 3.8) is 0 Å². The van der Waals surface area contributed by atoms with Crippen molar-refractivity contribution in [2.45, 2.75) is 0 Å². The van der Waals surface area contributed by atoms with Gasteiger partial charge in [0.25, 0.3) is 0 Å². The van der Waals surface area contributed by atoms with E-state index >= 15 is 0 Å². The third kappa shape index (κ3) is 2.23. The molecule has 1 aromatic carbocycles. The van der Waals surface area contributed by atoms with Crippen LogP contribution in [0.5, 0.6) is 11.6 Å². The van der Waals surface area contributed by atoms with Crippen molar-refractivity contribution in [2.75, 3.05) is 0 Å². The highest BCUT2D eigenvalue weighted by Crippen LogP contribution is 2.23. The molecule has 70 valence electrons. The number of rotatable bonds is 2. The number of aromatic nitrogens is 1. The van der Waals surface area contributed by atoms with Gasteiger partial charge in [0.2, 0.25) is 5.88 Å². The van der Waals surface area contributed by atoms with E-state index in [9.17, 15) is 0 Å². The van der Waals surface area contributed by atoms with E-state index in [1.807, 2.05) is 42.5 Å². The molecule has 1 heterocycles. The first-order valence-corrected chi connectivity index (χ1v) is 5.27. The molecule has 0 radical (unpaired) electrons. The molecule has 0 bridgehead atoms. The van der Waals surface area contributed by atoms with E-state index in [0.717, 1.165) is 9.32 Å². The quantitative estimate of drug-likeness (QED) is 0.792. The first-order valence-electron chi connectivity index (χ1n) is 4.20. The van der Waals surface area contributed by atoms with E-state index in [0.29, 0.717) is 5.88 Å². The number of nitrogens with zero attached hydrogens (tertiary/aromatic N) is 1. The van der Waals surface area contributed by atoms with Crippen LogP contribution >= 0.6 is 22.6 Å². The topological polar surface area (TPSA) is 22.1 Å². The zero-order valence-corrected chi connectivity index (χ0v) is 9.51. The fourth-order valence-corrected chi connectivity index (χ4v) is 1.50. The Morgan fingerprint density at radius 2 is 1.79 bits per heavy atom. The van der Waals surface area contributed by atoms with Crippen molar-refractivity contribution in [1.29, 1.82) is 0 Å². The van der Waals surface area contributed by atoms with E-state index in [1.165, 1.54) is 0 Å². The van der Waals surface area contributed by atoms with Gasteiger partial charge < -0.3 is 4.74 Å². The molecule has 0 aliphatic rings. The van der Waals surface area contributed by atoms with Crippen LogP contribution in [0.4, 0.5) is 0 Å². The average Bonchev–Trinajstić information content (AvgIpc) is 2.23. The van der Waals surface area contributed by atoms with E-state index in [1.54, 1.807) is 6.20 Å². The second kappa shape index (κ2) is 4.41. The van der Waals surface area contributed by atoms with Crippen molar-refractivity contribution in [2.24, 2.45) is 0 Å². The van der Waals surface area contributed by atoms with Crippen LogP contribution in [0.15, 0.2) is 48.7 Å². The summed E-state index contributed by atoms with van der Waals surface area (Å²) in [6, 6.07) is 13.5. The molecular weight excluding hydrogens is 289 g/mol. The van der Waals surface area contributed by atoms with Gasteiger partial charge in [-0.15, -0.1) is 0 Å². The Hall–Kier alpha value is -1.10. The van der Waals surface area contributed by atoms with Gasteiger partial charge >= 0.3 is 0 Å². The Kier molecular flexibility index (Phi) is 2.98. The van der Waals surface area contributed by atoms with Crippen molar-refractivity contribution >= 4 is 22.6 Å². The van der Waals surface area contributed by atoms with Gasteiger partial charge in [-0.2, -0.15) is 0 Å². The molecule has 1 aromatic heterocycles. The van der Waals surface area contributed by atoms with Gasteiger partial charge in [0.05, 0.1) is 3.57 Å². The summed E-state index contributed by atoms with van der Waals surface area (Å²) in [6.07, 6.45) is 1.72. The number of hydrogen-bond acceptors (Lipinski definition) is 2. The maximum Gasteiger partial charge on any atom is 0.232 e. The maximum atomic E-state index is 5.59. The Morgan fingerprint density at radius 1 is 1.00 bits per heavy atom. The molecule has 0 fully saturated rings. The lowest BCUT2D eigenvalue weighted by Crippen LogP contribution is -1.89. The second-order valence-corrected chi connectivity index (χ2v) is 3.87. The molecule has 0 saturated heterocycles. The van der Waals surface area contributed by atoms with Crippen molar-refractivity contribution in [1.82, 2.24) is 4.98 Å². The number of ether oxygens (including phenoxy) is 1. The van der Waals surface area contributed by atoms with Crippen molar-refractivity contribution < 1.29 is 4.74 Å². The van der Waals surface area contributed by atoms with Gasteiger partial charge in [0.1, 0.15) is 5.75 Å². The molecule has 0 amide bonds. The van der Waals surface area contributed by atoms with Crippen molar-refractivity contribution in [3.05, 3.63) is 52.2 Å². The first kappa shape index (κ1) is 9.45. The highest BCUT2D eigenvalue weighted by Gasteiger charge is 2.01. The van der Waals surface area contributed by atoms with Crippen LogP contribution in [0.25, 0.3) is 0 Å². The maximum absolute atomic E-state index is 5.59. The van der Waals surface area contributed by atoms with Crippen LogP contribution in [0, 0.1) is 3.57 Å². The molecule has 0 N–H and O–H groups in total. The zero-order chi connectivity index (χ0) is 9.80. The Bertz CT molecular complexity index is 417. The van der Waals surface area contributed by atoms with Gasteiger partial charge in [-0.05, 0) is 46.9 Å². The summed E-state index contributed by atoms with van der Waals surface area (Å²) in [5, 5.41) is 0. The predicted molar refractivity (Wildman–Crippen MR) is 63.5 cm³/mol. The zero-order valence-electron chi connectivity index (χ0n) is 7.35. The van der Waals surface area contributed by atoms with Gasteiger partial charge in [0, 0.05) is 6.20 Å². The lowest BCUT2D eigenvalue weighted by atomic mass is 10.3. The second-order valence-electron chi connectivity index (χ2n) is 2.71. The minimum absolute atomic E-state index is 0.652. The smallest absolute Gasteiger partial charge is 0.232 e. The largest absolute Gasteiger partial charge is 0.438 e. The monoisotopic (exact) mass is 297 g/mol. The van der Waals surface area contributed by atoms with Crippen LogP contribution in [-0.2, 0) is 0 Å². The third-order valence-electron chi connectivity index (χ3n) is 1.68. The molecule has 0 unspecified atom stereocenters. The van der Waals surface area contributed by atoms with Gasteiger partial charge in [-0.1, -0.05) is 18.2 Å². The summed E-state index contributed by atoms with van der Waals surface area (Å²) in [5.74, 6) is 1.46. The average molecular weight is 297 g/mol. The fraction of sp³-hybridized carbons (Fsp3) is 0. The van der Waals surface area contributed by atoms with Crippen LogP contribution in [0.3, 0.4) is 0 Å². The fourth-order valence-electron chi connectivity index (χ4n) is 1.05. The summed E-state index contributed by atoms with van der Waals surface area (Å²) in [4.78, 5) is 4.14. The van der Waals surface area contributed by atoms with E-state index in [2.05, 4.69) is 27.6 Å². The summed E-state index contributed by atoms with van der Waals surface area (Å²) in [7, 11) is 0. The third-order valence-corrected chi connectivity index (χ3v) is 2.50. The molecule has 2 rings (SSSR count). The lowest BCUT2D eigenvalue weighted by molar-refractivity contribution is 0.459. The standard InChI is InChI=1S/C11H8INO/c12-10-7-4-8-13-11(10)14-9-5-2-1-3-6-9/h1-8H. The first-order chi connectivity index (χ1) is 6.86. The number of para-hydroxylation sites is 1. The number of pyridine rings is 1. The Morgan fingerprint density at radius 3 is 2.50 bits per heavy atom. The normalized spacial score (nSPS) is 9.79. The molecule has 0 aliphatic carbocycles. The Labute approximate surface area is 96.1 Å². The molecule has 0 aliphatic heterocycles. The summed E-state index contributed by atoms with van der Waals surface area (Å²) in [5.41, 5.74) is 0. The van der Waals surface area contributed by atoms with Gasteiger partial charge in [0.15, 0.2) is 0 Å². The highest BCUT2D eigenvalue weighted by atomic mass is 127. The van der Waals surface area contributed by atoms with Gasteiger partial charge in [-0.3, -0.25) is 0 Å². The van der Waals surface area contributed by atoms with E-state index < -0.39 is 0 Å². The number of halogens is 1. The summed E-state index contributed by atoms with van der Waals surface area (Å²) in [6.45, 7) is 0. The minimum Gasteiger partial charge on any atom is -0.438 e. The number of hydrogen-bond donors (Lipinski definition) is 0. The van der Waals surface area contributed by atoms with Crippen LogP contribution in [-0.4, -0.2) is 4.98 Å². The van der Waals surface area contributed by atoms with E-state index in [4.69, 9.17) is 4.74 Å². The SMILES string of the molecule is Ic1cccnc1Oc1ccccc1. The van der Waals surface area contributed by atoms with Gasteiger partial charge in [-0.25, -0.2) is 4.98 Å². The summed E-state index contributed by atoms with van der Waals surface area (Å²) >= 11 is 2.20. The van der Waals surface area contributed by atoms with Crippen LogP contribution in [0.2, 0.25) is 0 Å². The molecule has 0 saturated carbocycles. The molecular formula is C11H8INO. The van der Waals surface area contributed by atoms with Crippen LogP contribution < -0.4 is 4.74 Å². The Balaban J connectivity index is 2.24. The summed E-state index contributed by atoms with van der Waals surface area (Å²) < 4.78 is 6.60. The van der Waals surface area contributed by atoms with E-state index in [-0.39, 0.29) is 0 Å². The molecule has 0 atom stereocenters. The van der Waals surface area contributed by atoms with Crippen molar-refractivity contribution in [3.8, 4) is 11.6 Å². The molecule has 2 nitrogen and oxygen atoms in total. The van der Waals surface area contributed by atoms with Crippen LogP contribution in [0.1, 0.15) is 0 Å². The predicted octanol–water partition coefficient (Wildman–Crippen LogP) is 3.48. The number of benzene rings is 1. The molecule has 3 heteroatoms. The lowest BCUT2D eigenvalue weighted by Gasteiger charge is -2.04. The molecule has 0 spiro atoms. The molecule has 2 aromatic rings. The molecule has 14 heavy (non-hydrogen) atoms. The highest BCUT2D eigenvalue weighted by molar-refractivity contribution is 14.1. The minimum atomic E-state index is 0.652.